The van der Waals surface area contributed by atoms with Crippen molar-refractivity contribution < 1.29 is 14.5 Å². The molecule has 1 N–H and O–H groups in total. The fourth-order valence-electron chi connectivity index (χ4n) is 1.95. The van der Waals surface area contributed by atoms with E-state index < -0.39 is 6.23 Å². The molecule has 0 aromatic carbocycles. The van der Waals surface area contributed by atoms with E-state index >= 15 is 0 Å². The van der Waals surface area contributed by atoms with Crippen LogP contribution in [-0.2, 0) is 4.79 Å². The van der Waals surface area contributed by atoms with E-state index in [9.17, 15) is 9.90 Å². The van der Waals surface area contributed by atoms with Gasteiger partial charge in [0.2, 0.25) is 0 Å². The minimum Gasteiger partial charge on any atom is -0.368 e. The van der Waals surface area contributed by atoms with Crippen LogP contribution in [-0.4, -0.2) is 47.0 Å². The monoisotopic (exact) mass is 187 g/mol. The molecule has 0 saturated carbocycles. The Hall–Kier alpha value is -0.610. The van der Waals surface area contributed by atoms with Gasteiger partial charge in [0.05, 0.1) is 13.0 Å². The summed E-state index contributed by atoms with van der Waals surface area (Å²) < 4.78 is 0.506. The Morgan fingerprint density at radius 1 is 1.62 bits per heavy atom. The van der Waals surface area contributed by atoms with Crippen molar-refractivity contribution in [2.24, 2.45) is 5.92 Å². The zero-order chi connectivity index (χ0) is 10.2. The van der Waals surface area contributed by atoms with Crippen LogP contribution in [0.15, 0.2) is 0 Å². The van der Waals surface area contributed by atoms with Gasteiger partial charge in [0, 0.05) is 0 Å². The highest BCUT2D eigenvalue weighted by Crippen LogP contribution is 2.29. The third-order valence-corrected chi connectivity index (χ3v) is 3.19. The number of amides is 1. The predicted molar refractivity (Wildman–Crippen MR) is 49.3 cm³/mol. The van der Waals surface area contributed by atoms with Crippen molar-refractivity contribution in [3.8, 4) is 0 Å². The lowest BCUT2D eigenvalue weighted by Gasteiger charge is -2.38. The van der Waals surface area contributed by atoms with Crippen LogP contribution in [0.2, 0.25) is 0 Å². The molecule has 0 spiro atoms. The largest absolute Gasteiger partial charge is 0.368 e. The van der Waals surface area contributed by atoms with Crippen molar-refractivity contribution >= 4 is 6.41 Å². The third kappa shape index (κ3) is 1.44. The summed E-state index contributed by atoms with van der Waals surface area (Å²) in [6, 6.07) is 0.310. The van der Waals surface area contributed by atoms with Crippen LogP contribution in [0.25, 0.3) is 0 Å². The van der Waals surface area contributed by atoms with E-state index in [0.29, 0.717) is 10.6 Å². The van der Waals surface area contributed by atoms with Crippen LogP contribution >= 0.6 is 0 Å². The van der Waals surface area contributed by atoms with Gasteiger partial charge in [-0.2, -0.15) is 5.01 Å². The van der Waals surface area contributed by atoms with Gasteiger partial charge in [0.25, 0.3) is 6.41 Å². The third-order valence-electron chi connectivity index (χ3n) is 3.19. The molecule has 1 amide bonds. The molecule has 1 fully saturated rings. The summed E-state index contributed by atoms with van der Waals surface area (Å²) >= 11 is 0. The first-order chi connectivity index (χ1) is 5.93. The van der Waals surface area contributed by atoms with Crippen molar-refractivity contribution in [2.75, 3.05) is 13.6 Å². The van der Waals surface area contributed by atoms with Crippen LogP contribution in [0, 0.1) is 5.92 Å². The number of aliphatic hydroxyl groups is 1. The molecule has 1 saturated heterocycles. The second-order valence-corrected chi connectivity index (χ2v) is 4.37. The fraction of sp³-hybridized carbons (Fsp3) is 0.889. The van der Waals surface area contributed by atoms with E-state index in [2.05, 4.69) is 13.8 Å². The van der Waals surface area contributed by atoms with Gasteiger partial charge in [0.15, 0.2) is 6.23 Å². The second kappa shape index (κ2) is 3.27. The summed E-state index contributed by atoms with van der Waals surface area (Å²) in [4.78, 5) is 10.8. The van der Waals surface area contributed by atoms with Gasteiger partial charge in [-0.1, -0.05) is 6.92 Å². The molecule has 0 aromatic heterocycles. The first kappa shape index (κ1) is 10.5. The molecule has 0 radical (unpaired) electrons. The fourth-order valence-corrected chi connectivity index (χ4v) is 1.95. The molecule has 1 aliphatic rings. The SMILES string of the molecule is CC(C)[N+]1(C)C[C@H](C)[C@@H](O)N1C=O. The lowest BCUT2D eigenvalue weighted by atomic mass is 10.1. The first-order valence-electron chi connectivity index (χ1n) is 4.71. The molecule has 0 aliphatic carbocycles. The minimum atomic E-state index is -0.634. The molecule has 4 nitrogen and oxygen atoms in total. The number of carbonyl (C=O) groups is 1. The highest BCUT2D eigenvalue weighted by atomic mass is 16.3. The molecule has 76 valence electrons. The molecule has 1 rings (SSSR count). The summed E-state index contributed by atoms with van der Waals surface area (Å²) in [5.74, 6) is 0.151. The topological polar surface area (TPSA) is 40.5 Å². The molecular weight excluding hydrogens is 168 g/mol. The number of hydrogen-bond acceptors (Lipinski definition) is 2. The Morgan fingerprint density at radius 2 is 2.15 bits per heavy atom. The van der Waals surface area contributed by atoms with Crippen molar-refractivity contribution in [3.63, 3.8) is 0 Å². The molecule has 1 heterocycles. The Morgan fingerprint density at radius 3 is 2.46 bits per heavy atom. The predicted octanol–water partition coefficient (Wildman–Crippen LogP) is 0.183. The lowest BCUT2D eigenvalue weighted by Crippen LogP contribution is -2.58. The Balaban J connectivity index is 2.93. The standard InChI is InChI=1S/C9H19N2O2/c1-7(2)11(4)5-8(3)9(13)10(11)6-12/h6-9,13H,5H2,1-4H3/q+1/t8-,9+,11?/m0/s1. The normalized spacial score (nSPS) is 40.0. The van der Waals surface area contributed by atoms with E-state index in [0.717, 1.165) is 13.0 Å². The van der Waals surface area contributed by atoms with E-state index in [4.69, 9.17) is 0 Å². The van der Waals surface area contributed by atoms with E-state index in [1.165, 1.54) is 5.01 Å². The van der Waals surface area contributed by atoms with Gasteiger partial charge in [-0.15, -0.1) is 0 Å². The summed E-state index contributed by atoms with van der Waals surface area (Å²) in [6.07, 6.45) is 0.110. The van der Waals surface area contributed by atoms with Crippen LogP contribution in [0.5, 0.6) is 0 Å². The van der Waals surface area contributed by atoms with Gasteiger partial charge in [-0.05, 0) is 13.8 Å². The van der Waals surface area contributed by atoms with E-state index in [1.807, 2.05) is 14.0 Å². The Labute approximate surface area is 79.3 Å². The van der Waals surface area contributed by atoms with Crippen molar-refractivity contribution in [1.29, 1.82) is 0 Å². The molecular formula is C9H19N2O2+. The van der Waals surface area contributed by atoms with Crippen LogP contribution in [0.4, 0.5) is 0 Å². The molecule has 3 atom stereocenters. The van der Waals surface area contributed by atoms with Gasteiger partial charge in [0.1, 0.15) is 12.6 Å². The minimum absolute atomic E-state index is 0.151. The van der Waals surface area contributed by atoms with Crippen molar-refractivity contribution in [1.82, 2.24) is 5.01 Å². The average molecular weight is 187 g/mol. The maximum Gasteiger partial charge on any atom is 0.258 e. The van der Waals surface area contributed by atoms with E-state index in [1.54, 1.807) is 0 Å². The zero-order valence-corrected chi connectivity index (χ0v) is 8.77. The lowest BCUT2D eigenvalue weighted by molar-refractivity contribution is -1.01. The number of carbonyl (C=O) groups excluding carboxylic acids is 1. The maximum absolute atomic E-state index is 10.8. The van der Waals surface area contributed by atoms with Crippen molar-refractivity contribution in [3.05, 3.63) is 0 Å². The summed E-state index contributed by atoms with van der Waals surface area (Å²) in [7, 11) is 1.98. The van der Waals surface area contributed by atoms with E-state index in [-0.39, 0.29) is 5.92 Å². The smallest absolute Gasteiger partial charge is 0.258 e. The number of aliphatic hydroxyl groups excluding tert-OH is 1. The molecule has 0 bridgehead atoms. The second-order valence-electron chi connectivity index (χ2n) is 4.37. The number of nitrogens with zero attached hydrogens (tertiary/aromatic N) is 2. The molecule has 0 aromatic rings. The molecule has 13 heavy (non-hydrogen) atoms. The highest BCUT2D eigenvalue weighted by molar-refractivity contribution is 5.45. The summed E-state index contributed by atoms with van der Waals surface area (Å²) in [6.45, 7) is 6.90. The average Bonchev–Trinajstić information content (AvgIpc) is 2.25. The van der Waals surface area contributed by atoms with Crippen molar-refractivity contribution in [2.45, 2.75) is 33.0 Å². The molecule has 1 aliphatic heterocycles. The van der Waals surface area contributed by atoms with Gasteiger partial charge < -0.3 is 5.11 Å². The Kier molecular flexibility index (Phi) is 2.63. The number of quaternary nitrogens is 1. The highest BCUT2D eigenvalue weighted by Gasteiger charge is 2.48. The van der Waals surface area contributed by atoms with Crippen LogP contribution in [0.3, 0.4) is 0 Å². The van der Waals surface area contributed by atoms with Crippen LogP contribution in [0.1, 0.15) is 20.8 Å². The van der Waals surface area contributed by atoms with Gasteiger partial charge >= 0.3 is 0 Å². The number of hydrogen-bond donors (Lipinski definition) is 1. The maximum atomic E-state index is 10.8. The first-order valence-corrected chi connectivity index (χ1v) is 4.71. The zero-order valence-electron chi connectivity index (χ0n) is 8.77. The Bertz CT molecular complexity index is 208. The van der Waals surface area contributed by atoms with Crippen LogP contribution < -0.4 is 0 Å². The van der Waals surface area contributed by atoms with Gasteiger partial charge in [-0.3, -0.25) is 4.79 Å². The summed E-state index contributed by atoms with van der Waals surface area (Å²) in [5.41, 5.74) is 0. The number of rotatable bonds is 2. The molecule has 1 unspecified atom stereocenters. The van der Waals surface area contributed by atoms with Gasteiger partial charge in [-0.25, -0.2) is 4.59 Å². The quantitative estimate of drug-likeness (QED) is 0.495. The summed E-state index contributed by atoms with van der Waals surface area (Å²) in [5, 5.41) is 11.2. The molecule has 4 heteroatoms.